The average Bonchev–Trinajstić information content (AvgIpc) is 3.11. The van der Waals surface area contributed by atoms with Crippen LogP contribution in [0.5, 0.6) is 5.75 Å². The number of aryl methyl sites for hydroxylation is 1. The summed E-state index contributed by atoms with van der Waals surface area (Å²) in [5.74, 6) is 0.369. The molecule has 0 spiro atoms. The molecule has 1 N–H and O–H groups in total. The minimum atomic E-state index is -0.550. The van der Waals surface area contributed by atoms with Crippen molar-refractivity contribution < 1.29 is 14.5 Å². The van der Waals surface area contributed by atoms with Crippen LogP contribution in [0.1, 0.15) is 20.8 Å². The lowest BCUT2D eigenvalue weighted by molar-refractivity contribution is -0.384. The molecule has 0 fully saturated rings. The number of nitro benzene ring substituents is 1. The van der Waals surface area contributed by atoms with E-state index in [2.05, 4.69) is 5.32 Å². The molecule has 3 rings (SSSR count). The number of anilines is 1. The van der Waals surface area contributed by atoms with Gasteiger partial charge in [-0.25, -0.2) is 0 Å². The Hall–Kier alpha value is -2.61. The second kappa shape index (κ2) is 8.60. The summed E-state index contributed by atoms with van der Waals surface area (Å²) in [6.45, 7) is 2.21. The Bertz CT molecular complexity index is 1050. The first-order chi connectivity index (χ1) is 13.3. The van der Waals surface area contributed by atoms with Crippen LogP contribution in [-0.4, -0.2) is 10.8 Å². The highest BCUT2D eigenvalue weighted by molar-refractivity contribution is 7.12. The van der Waals surface area contributed by atoms with Crippen molar-refractivity contribution in [1.29, 1.82) is 0 Å². The van der Waals surface area contributed by atoms with Gasteiger partial charge in [-0.15, -0.1) is 11.3 Å². The van der Waals surface area contributed by atoms with Crippen LogP contribution in [0.3, 0.4) is 0 Å². The number of carbonyl (C=O) groups is 1. The zero-order valence-electron chi connectivity index (χ0n) is 14.6. The summed E-state index contributed by atoms with van der Waals surface area (Å²) in [7, 11) is 0. The number of nitrogens with one attached hydrogen (secondary N) is 1. The van der Waals surface area contributed by atoms with E-state index in [1.807, 2.05) is 18.4 Å². The van der Waals surface area contributed by atoms with E-state index in [1.165, 1.54) is 29.5 Å². The van der Waals surface area contributed by atoms with Crippen LogP contribution in [0.2, 0.25) is 10.0 Å². The van der Waals surface area contributed by atoms with E-state index in [-0.39, 0.29) is 16.6 Å². The summed E-state index contributed by atoms with van der Waals surface area (Å²) in [5.41, 5.74) is 1.93. The van der Waals surface area contributed by atoms with E-state index in [0.717, 1.165) is 16.9 Å². The highest BCUT2D eigenvalue weighted by Crippen LogP contribution is 2.28. The number of thiophene rings is 1. The summed E-state index contributed by atoms with van der Waals surface area (Å²) < 4.78 is 5.78. The zero-order chi connectivity index (χ0) is 20.3. The highest BCUT2D eigenvalue weighted by Gasteiger charge is 2.14. The molecular weight excluding hydrogens is 423 g/mol. The Balaban J connectivity index is 1.64. The standard InChI is InChI=1S/C19H14Cl2N2O4S/c1-11-6-13(20)2-5-17(11)27-9-12-7-18(28-10-12)19(24)22-16-4-3-14(23(25)26)8-15(16)21/h2-8,10H,9H2,1H3,(H,22,24). The van der Waals surface area contributed by atoms with Gasteiger partial charge in [-0.05, 0) is 48.2 Å². The van der Waals surface area contributed by atoms with Gasteiger partial charge in [0.05, 0.1) is 20.5 Å². The molecule has 0 atom stereocenters. The van der Waals surface area contributed by atoms with Crippen LogP contribution in [-0.2, 0) is 6.61 Å². The third-order valence-corrected chi connectivity index (χ3v) is 5.35. The minimum Gasteiger partial charge on any atom is -0.489 e. The van der Waals surface area contributed by atoms with Crippen molar-refractivity contribution in [3.8, 4) is 5.75 Å². The van der Waals surface area contributed by atoms with E-state index in [4.69, 9.17) is 27.9 Å². The number of halogens is 2. The number of benzene rings is 2. The van der Waals surface area contributed by atoms with Gasteiger partial charge in [0, 0.05) is 22.7 Å². The molecule has 0 radical (unpaired) electrons. The number of nitrogens with zero attached hydrogens (tertiary/aromatic N) is 1. The molecule has 2 aromatic carbocycles. The van der Waals surface area contributed by atoms with Gasteiger partial charge >= 0.3 is 0 Å². The number of rotatable bonds is 6. The lowest BCUT2D eigenvalue weighted by Crippen LogP contribution is -2.10. The fourth-order valence-corrected chi connectivity index (χ4v) is 3.65. The molecule has 0 saturated carbocycles. The molecule has 3 aromatic rings. The van der Waals surface area contributed by atoms with E-state index >= 15 is 0 Å². The predicted octanol–water partition coefficient (Wildman–Crippen LogP) is 6.10. The van der Waals surface area contributed by atoms with Crippen molar-refractivity contribution in [2.45, 2.75) is 13.5 Å². The lowest BCUT2D eigenvalue weighted by atomic mass is 10.2. The third kappa shape index (κ3) is 4.81. The quantitative estimate of drug-likeness (QED) is 0.373. The van der Waals surface area contributed by atoms with E-state index < -0.39 is 4.92 Å². The SMILES string of the molecule is Cc1cc(Cl)ccc1OCc1csc(C(=O)Nc2ccc([N+](=O)[O-])cc2Cl)c1. The maximum Gasteiger partial charge on any atom is 0.271 e. The zero-order valence-corrected chi connectivity index (χ0v) is 16.9. The lowest BCUT2D eigenvalue weighted by Gasteiger charge is -2.08. The molecule has 0 aliphatic heterocycles. The molecule has 9 heteroatoms. The second-order valence-electron chi connectivity index (χ2n) is 5.89. The smallest absolute Gasteiger partial charge is 0.271 e. The molecule has 0 saturated heterocycles. The number of amides is 1. The van der Waals surface area contributed by atoms with Crippen molar-refractivity contribution in [2.75, 3.05) is 5.32 Å². The number of non-ortho nitro benzene ring substituents is 1. The van der Waals surface area contributed by atoms with Crippen LogP contribution < -0.4 is 10.1 Å². The molecule has 1 heterocycles. The largest absolute Gasteiger partial charge is 0.489 e. The molecule has 144 valence electrons. The fourth-order valence-electron chi connectivity index (χ4n) is 2.41. The maximum atomic E-state index is 12.4. The molecule has 6 nitrogen and oxygen atoms in total. The van der Waals surface area contributed by atoms with Crippen LogP contribution in [0.15, 0.2) is 47.8 Å². The van der Waals surface area contributed by atoms with Gasteiger partial charge in [0.2, 0.25) is 0 Å². The Morgan fingerprint density at radius 3 is 2.68 bits per heavy atom. The molecule has 28 heavy (non-hydrogen) atoms. The number of ether oxygens (including phenoxy) is 1. The first kappa shape index (κ1) is 20.1. The summed E-state index contributed by atoms with van der Waals surface area (Å²) in [6, 6.07) is 11.0. The third-order valence-electron chi connectivity index (χ3n) is 3.82. The van der Waals surface area contributed by atoms with Gasteiger partial charge in [-0.2, -0.15) is 0 Å². The molecule has 0 aliphatic rings. The molecular formula is C19H14Cl2N2O4S. The number of hydrogen-bond acceptors (Lipinski definition) is 5. The van der Waals surface area contributed by atoms with Crippen LogP contribution >= 0.6 is 34.5 Å². The Morgan fingerprint density at radius 2 is 2.00 bits per heavy atom. The molecule has 1 aromatic heterocycles. The van der Waals surface area contributed by atoms with Gasteiger partial charge in [0.15, 0.2) is 0 Å². The number of hydrogen-bond donors (Lipinski definition) is 1. The summed E-state index contributed by atoms with van der Waals surface area (Å²) in [5, 5.41) is 16.0. The van der Waals surface area contributed by atoms with Crippen molar-refractivity contribution in [3.05, 3.63) is 84.0 Å². The van der Waals surface area contributed by atoms with Gasteiger partial charge in [-0.3, -0.25) is 14.9 Å². The van der Waals surface area contributed by atoms with Crippen LogP contribution in [0, 0.1) is 17.0 Å². The normalized spacial score (nSPS) is 10.5. The van der Waals surface area contributed by atoms with Gasteiger partial charge in [0.25, 0.3) is 11.6 Å². The van der Waals surface area contributed by atoms with E-state index in [0.29, 0.717) is 22.2 Å². The first-order valence-electron chi connectivity index (χ1n) is 8.05. The van der Waals surface area contributed by atoms with Gasteiger partial charge < -0.3 is 10.1 Å². The molecule has 0 bridgehead atoms. The van der Waals surface area contributed by atoms with Crippen molar-refractivity contribution >= 4 is 51.8 Å². The summed E-state index contributed by atoms with van der Waals surface area (Å²) >= 11 is 13.2. The average molecular weight is 437 g/mol. The van der Waals surface area contributed by atoms with Gasteiger partial charge in [0.1, 0.15) is 12.4 Å². The minimum absolute atomic E-state index is 0.0980. The van der Waals surface area contributed by atoms with Crippen molar-refractivity contribution in [1.82, 2.24) is 0 Å². The second-order valence-corrected chi connectivity index (χ2v) is 7.65. The van der Waals surface area contributed by atoms with Crippen LogP contribution in [0.4, 0.5) is 11.4 Å². The predicted molar refractivity (Wildman–Crippen MR) is 111 cm³/mol. The Kier molecular flexibility index (Phi) is 6.18. The topological polar surface area (TPSA) is 81.5 Å². The monoisotopic (exact) mass is 436 g/mol. The number of nitro groups is 1. The molecule has 0 unspecified atom stereocenters. The van der Waals surface area contributed by atoms with Crippen molar-refractivity contribution in [2.24, 2.45) is 0 Å². The first-order valence-corrected chi connectivity index (χ1v) is 9.68. The molecule has 0 aliphatic carbocycles. The fraction of sp³-hybridized carbons (Fsp3) is 0.105. The highest BCUT2D eigenvalue weighted by atomic mass is 35.5. The van der Waals surface area contributed by atoms with Crippen molar-refractivity contribution in [3.63, 3.8) is 0 Å². The Morgan fingerprint density at radius 1 is 1.21 bits per heavy atom. The number of carbonyl (C=O) groups excluding carboxylic acids is 1. The maximum absolute atomic E-state index is 12.4. The summed E-state index contributed by atoms with van der Waals surface area (Å²) in [6.07, 6.45) is 0. The summed E-state index contributed by atoms with van der Waals surface area (Å²) in [4.78, 5) is 23.1. The van der Waals surface area contributed by atoms with E-state index in [1.54, 1.807) is 18.2 Å². The van der Waals surface area contributed by atoms with Gasteiger partial charge in [-0.1, -0.05) is 23.2 Å². The molecule has 1 amide bonds. The van der Waals surface area contributed by atoms with Crippen LogP contribution in [0.25, 0.3) is 0 Å². The Labute approximate surface area is 174 Å². The van der Waals surface area contributed by atoms with E-state index in [9.17, 15) is 14.9 Å².